The van der Waals surface area contributed by atoms with E-state index in [0.717, 1.165) is 12.8 Å². The van der Waals surface area contributed by atoms with Gasteiger partial charge < -0.3 is 4.90 Å². The van der Waals surface area contributed by atoms with Crippen LogP contribution in [-0.2, 0) is 9.59 Å². The van der Waals surface area contributed by atoms with Gasteiger partial charge in [-0.15, -0.1) is 0 Å². The molecule has 1 heterocycles. The lowest BCUT2D eigenvalue weighted by Gasteiger charge is -2.18. The normalized spacial score (nSPS) is 21.3. The van der Waals surface area contributed by atoms with E-state index in [4.69, 9.17) is 0 Å². The summed E-state index contributed by atoms with van der Waals surface area (Å²) in [5.41, 5.74) is 0.516. The van der Waals surface area contributed by atoms with Gasteiger partial charge in [0.25, 0.3) is 11.7 Å². The van der Waals surface area contributed by atoms with Crippen LogP contribution in [-0.4, -0.2) is 24.0 Å². The summed E-state index contributed by atoms with van der Waals surface area (Å²) in [6.45, 7) is 0.273. The van der Waals surface area contributed by atoms with Crippen molar-refractivity contribution >= 4 is 39.1 Å². The summed E-state index contributed by atoms with van der Waals surface area (Å²) < 4.78 is 13.8. The highest BCUT2D eigenvalue weighted by Crippen LogP contribution is 2.34. The summed E-state index contributed by atoms with van der Waals surface area (Å²) in [4.78, 5) is 36.9. The standard InChI is InChI=1S/C15H13BrFNO3/c16-10-6-9-12(7-11(10)17)18(15(21)14(9)20)5-4-8-2-1-3-13(8)19/h6-8H,1-5H2. The number of hydrogen-bond donors (Lipinski definition) is 0. The van der Waals surface area contributed by atoms with E-state index in [9.17, 15) is 18.8 Å². The molecule has 110 valence electrons. The number of amides is 1. The molecule has 1 aromatic rings. The van der Waals surface area contributed by atoms with Crippen molar-refractivity contribution in [3.63, 3.8) is 0 Å². The zero-order valence-electron chi connectivity index (χ0n) is 11.2. The third-order valence-electron chi connectivity index (χ3n) is 4.15. The molecule has 0 radical (unpaired) electrons. The van der Waals surface area contributed by atoms with Gasteiger partial charge in [0.15, 0.2) is 0 Å². The summed E-state index contributed by atoms with van der Waals surface area (Å²) in [5, 5.41) is 0. The molecule has 6 heteroatoms. The monoisotopic (exact) mass is 353 g/mol. The molecule has 21 heavy (non-hydrogen) atoms. The molecule has 1 aromatic carbocycles. The Labute approximate surface area is 129 Å². The second-order valence-corrected chi connectivity index (χ2v) is 6.27. The summed E-state index contributed by atoms with van der Waals surface area (Å²) in [6, 6.07) is 2.53. The highest BCUT2D eigenvalue weighted by atomic mass is 79.9. The van der Waals surface area contributed by atoms with E-state index in [1.807, 2.05) is 0 Å². The average molecular weight is 354 g/mol. The molecule has 4 nitrogen and oxygen atoms in total. The van der Waals surface area contributed by atoms with Gasteiger partial charge in [0.2, 0.25) is 0 Å². The molecule has 0 N–H and O–H groups in total. The summed E-state index contributed by atoms with van der Waals surface area (Å²) in [6.07, 6.45) is 2.83. The van der Waals surface area contributed by atoms with Gasteiger partial charge in [-0.05, 0) is 47.3 Å². The number of fused-ring (bicyclic) bond motifs is 1. The molecule has 1 fully saturated rings. The van der Waals surface area contributed by atoms with Crippen molar-refractivity contribution in [2.75, 3.05) is 11.4 Å². The quantitative estimate of drug-likeness (QED) is 0.785. The van der Waals surface area contributed by atoms with Crippen LogP contribution in [0.5, 0.6) is 0 Å². The molecule has 2 aliphatic rings. The highest BCUT2D eigenvalue weighted by Gasteiger charge is 2.37. The Morgan fingerprint density at radius 1 is 1.29 bits per heavy atom. The number of hydrogen-bond acceptors (Lipinski definition) is 3. The van der Waals surface area contributed by atoms with Crippen molar-refractivity contribution in [3.8, 4) is 0 Å². The Balaban J connectivity index is 1.84. The zero-order valence-corrected chi connectivity index (χ0v) is 12.8. The van der Waals surface area contributed by atoms with Gasteiger partial charge in [0, 0.05) is 18.9 Å². The van der Waals surface area contributed by atoms with Crippen molar-refractivity contribution in [3.05, 3.63) is 28.0 Å². The predicted octanol–water partition coefficient (Wildman–Crippen LogP) is 2.88. The Morgan fingerprint density at radius 2 is 2.05 bits per heavy atom. The maximum atomic E-state index is 13.7. The Bertz CT molecular complexity index is 659. The Kier molecular flexibility index (Phi) is 3.65. The molecule has 3 rings (SSSR count). The van der Waals surface area contributed by atoms with Gasteiger partial charge in [-0.1, -0.05) is 0 Å². The van der Waals surface area contributed by atoms with Gasteiger partial charge in [-0.25, -0.2) is 4.39 Å². The van der Waals surface area contributed by atoms with Crippen molar-refractivity contribution in [1.82, 2.24) is 0 Å². The van der Waals surface area contributed by atoms with E-state index < -0.39 is 17.5 Å². The van der Waals surface area contributed by atoms with Crippen molar-refractivity contribution < 1.29 is 18.8 Å². The maximum Gasteiger partial charge on any atom is 0.299 e. The molecule has 1 atom stereocenters. The molecular formula is C15H13BrFNO3. The third kappa shape index (κ3) is 2.41. The molecule has 0 bridgehead atoms. The molecule has 1 aliphatic heterocycles. The van der Waals surface area contributed by atoms with Crippen LogP contribution in [0.1, 0.15) is 36.0 Å². The SMILES string of the molecule is O=C1C(=O)N(CCC2CCCC2=O)c2cc(F)c(Br)cc21. The average Bonchev–Trinajstić information content (AvgIpc) is 2.95. The lowest BCUT2D eigenvalue weighted by atomic mass is 10.0. The molecule has 0 aromatic heterocycles. The number of anilines is 1. The van der Waals surface area contributed by atoms with Crippen molar-refractivity contribution in [2.24, 2.45) is 5.92 Å². The lowest BCUT2D eigenvalue weighted by molar-refractivity contribution is -0.121. The fourth-order valence-electron chi connectivity index (χ4n) is 2.99. The molecule has 1 saturated carbocycles. The zero-order chi connectivity index (χ0) is 15.1. The molecule has 0 saturated heterocycles. The third-order valence-corrected chi connectivity index (χ3v) is 4.75. The van der Waals surface area contributed by atoms with Crippen LogP contribution in [0.25, 0.3) is 0 Å². The van der Waals surface area contributed by atoms with Crippen LogP contribution in [0.3, 0.4) is 0 Å². The van der Waals surface area contributed by atoms with E-state index in [1.165, 1.54) is 17.0 Å². The van der Waals surface area contributed by atoms with Crippen LogP contribution < -0.4 is 4.90 Å². The van der Waals surface area contributed by atoms with Gasteiger partial charge >= 0.3 is 0 Å². The first-order valence-electron chi connectivity index (χ1n) is 6.87. The fourth-order valence-corrected chi connectivity index (χ4v) is 3.33. The Hall–Kier alpha value is -1.56. The number of ketones is 2. The minimum atomic E-state index is -0.645. The van der Waals surface area contributed by atoms with Gasteiger partial charge in [0.1, 0.15) is 11.6 Å². The number of carbonyl (C=O) groups excluding carboxylic acids is 3. The fraction of sp³-hybridized carbons (Fsp3) is 0.400. The van der Waals surface area contributed by atoms with E-state index in [1.54, 1.807) is 0 Å². The number of halogens is 2. The first-order valence-corrected chi connectivity index (χ1v) is 7.66. The van der Waals surface area contributed by atoms with Crippen LogP contribution >= 0.6 is 15.9 Å². The highest BCUT2D eigenvalue weighted by molar-refractivity contribution is 9.10. The minimum Gasteiger partial charge on any atom is -0.305 e. The van der Waals surface area contributed by atoms with Crippen LogP contribution in [0, 0.1) is 11.7 Å². The number of Topliss-reactive ketones (excluding diaryl/α,β-unsaturated/α-hetero) is 2. The van der Waals surface area contributed by atoms with E-state index in [-0.39, 0.29) is 28.3 Å². The first kappa shape index (κ1) is 14.4. The minimum absolute atomic E-state index is 0.0442. The second-order valence-electron chi connectivity index (χ2n) is 5.41. The smallest absolute Gasteiger partial charge is 0.299 e. The first-order chi connectivity index (χ1) is 9.99. The number of benzene rings is 1. The summed E-state index contributed by atoms with van der Waals surface area (Å²) >= 11 is 3.02. The molecule has 1 aliphatic carbocycles. The summed E-state index contributed by atoms with van der Waals surface area (Å²) in [7, 11) is 0. The molecule has 1 amide bonds. The molecule has 0 spiro atoms. The van der Waals surface area contributed by atoms with Gasteiger partial charge in [0.05, 0.1) is 15.7 Å². The topological polar surface area (TPSA) is 54.5 Å². The van der Waals surface area contributed by atoms with Gasteiger partial charge in [-0.3, -0.25) is 14.4 Å². The van der Waals surface area contributed by atoms with Crippen LogP contribution in [0.15, 0.2) is 16.6 Å². The second kappa shape index (κ2) is 5.33. The number of nitrogens with zero attached hydrogens (tertiary/aromatic N) is 1. The van der Waals surface area contributed by atoms with Crippen molar-refractivity contribution in [1.29, 1.82) is 0 Å². The van der Waals surface area contributed by atoms with Crippen molar-refractivity contribution in [2.45, 2.75) is 25.7 Å². The van der Waals surface area contributed by atoms with E-state index in [2.05, 4.69) is 15.9 Å². The number of rotatable bonds is 3. The lowest BCUT2D eigenvalue weighted by Crippen LogP contribution is -2.32. The maximum absolute atomic E-state index is 13.7. The summed E-state index contributed by atoms with van der Waals surface area (Å²) in [5.74, 6) is -1.61. The van der Waals surface area contributed by atoms with Crippen LogP contribution in [0.2, 0.25) is 0 Å². The molecular weight excluding hydrogens is 341 g/mol. The largest absolute Gasteiger partial charge is 0.305 e. The predicted molar refractivity (Wildman–Crippen MR) is 77.7 cm³/mol. The number of carbonyl (C=O) groups is 3. The Morgan fingerprint density at radius 3 is 2.71 bits per heavy atom. The van der Waals surface area contributed by atoms with Gasteiger partial charge in [-0.2, -0.15) is 0 Å². The van der Waals surface area contributed by atoms with E-state index >= 15 is 0 Å². The molecule has 1 unspecified atom stereocenters. The van der Waals surface area contributed by atoms with Crippen LogP contribution in [0.4, 0.5) is 10.1 Å². The van der Waals surface area contributed by atoms with E-state index in [0.29, 0.717) is 18.5 Å².